The van der Waals surface area contributed by atoms with Gasteiger partial charge in [-0.15, -0.1) is 12.6 Å². The Hall–Kier alpha value is -0.430. The lowest BCUT2D eigenvalue weighted by atomic mass is 9.72. The lowest BCUT2D eigenvalue weighted by molar-refractivity contribution is 0.296. The second-order valence-corrected chi connectivity index (χ2v) is 5.02. The van der Waals surface area contributed by atoms with E-state index in [0.717, 1.165) is 17.7 Å². The van der Waals surface area contributed by atoms with Crippen LogP contribution in [0.3, 0.4) is 0 Å². The molecule has 2 atom stereocenters. The van der Waals surface area contributed by atoms with Crippen molar-refractivity contribution >= 4 is 12.6 Å². The third-order valence-electron chi connectivity index (χ3n) is 3.42. The van der Waals surface area contributed by atoms with Gasteiger partial charge in [0.2, 0.25) is 0 Å². The Bertz CT molecular complexity index is 286. The topological polar surface area (TPSA) is 0 Å². The van der Waals surface area contributed by atoms with Crippen LogP contribution < -0.4 is 0 Å². The Morgan fingerprint density at radius 1 is 1.53 bits per heavy atom. The first-order valence-electron chi connectivity index (χ1n) is 5.87. The molecule has 0 aromatic heterocycles. The largest absolute Gasteiger partial charge is 0.144 e. The molecule has 0 fully saturated rings. The van der Waals surface area contributed by atoms with Gasteiger partial charge in [-0.1, -0.05) is 51.2 Å². The zero-order valence-corrected chi connectivity index (χ0v) is 10.9. The zero-order chi connectivity index (χ0) is 11.3. The van der Waals surface area contributed by atoms with E-state index >= 15 is 0 Å². The standard InChI is InChI=1S/C14H22S/c1-4-6-11-14(3,5-2)12-7-9-13(15)10-8-12/h6-7,9-12,15H,4-5,8H2,1-3H3. The monoisotopic (exact) mass is 222 g/mol. The molecule has 0 N–H and O–H groups in total. The van der Waals surface area contributed by atoms with E-state index in [4.69, 9.17) is 0 Å². The predicted octanol–water partition coefficient (Wildman–Crippen LogP) is 4.76. The molecule has 0 saturated heterocycles. The summed E-state index contributed by atoms with van der Waals surface area (Å²) in [5, 5.41) is 0. The van der Waals surface area contributed by atoms with E-state index in [2.05, 4.69) is 63.8 Å². The van der Waals surface area contributed by atoms with Crippen molar-refractivity contribution in [1.82, 2.24) is 0 Å². The highest BCUT2D eigenvalue weighted by molar-refractivity contribution is 7.84. The molecule has 0 heterocycles. The second kappa shape index (κ2) is 5.60. The Kier molecular flexibility index (Phi) is 4.72. The maximum absolute atomic E-state index is 4.35. The molecule has 0 amide bonds. The minimum atomic E-state index is 0.303. The van der Waals surface area contributed by atoms with Crippen molar-refractivity contribution in [2.45, 2.75) is 40.0 Å². The summed E-state index contributed by atoms with van der Waals surface area (Å²) in [5.74, 6) is 0.626. The lowest BCUT2D eigenvalue weighted by Gasteiger charge is -2.33. The van der Waals surface area contributed by atoms with Crippen LogP contribution in [0.25, 0.3) is 0 Å². The average molecular weight is 222 g/mol. The van der Waals surface area contributed by atoms with Crippen molar-refractivity contribution in [3.8, 4) is 0 Å². The molecule has 2 unspecified atom stereocenters. The van der Waals surface area contributed by atoms with Crippen LogP contribution in [0.1, 0.15) is 40.0 Å². The van der Waals surface area contributed by atoms with E-state index in [0.29, 0.717) is 11.3 Å². The summed E-state index contributed by atoms with van der Waals surface area (Å²) >= 11 is 4.35. The zero-order valence-electron chi connectivity index (χ0n) is 10.0. The van der Waals surface area contributed by atoms with E-state index in [1.165, 1.54) is 6.42 Å². The molecule has 1 aliphatic carbocycles. The minimum Gasteiger partial charge on any atom is -0.144 e. The third kappa shape index (κ3) is 3.27. The van der Waals surface area contributed by atoms with E-state index < -0.39 is 0 Å². The highest BCUT2D eigenvalue weighted by Crippen LogP contribution is 2.38. The van der Waals surface area contributed by atoms with Gasteiger partial charge >= 0.3 is 0 Å². The summed E-state index contributed by atoms with van der Waals surface area (Å²) in [7, 11) is 0. The Morgan fingerprint density at radius 3 is 2.73 bits per heavy atom. The van der Waals surface area contributed by atoms with Gasteiger partial charge in [0.25, 0.3) is 0 Å². The van der Waals surface area contributed by atoms with E-state index in [9.17, 15) is 0 Å². The molecule has 0 nitrogen and oxygen atoms in total. The van der Waals surface area contributed by atoms with Crippen LogP contribution in [0.15, 0.2) is 35.3 Å². The summed E-state index contributed by atoms with van der Waals surface area (Å²) in [4.78, 5) is 1.10. The van der Waals surface area contributed by atoms with Gasteiger partial charge in [0.05, 0.1) is 0 Å². The SMILES string of the molecule is CCC=CC(C)(CC)C1C=CC(S)=CC1. The molecule has 0 bridgehead atoms. The van der Waals surface area contributed by atoms with Crippen LogP contribution in [-0.2, 0) is 0 Å². The van der Waals surface area contributed by atoms with Crippen molar-refractivity contribution in [3.05, 3.63) is 35.3 Å². The molecule has 1 aliphatic rings. The van der Waals surface area contributed by atoms with Crippen LogP contribution in [0, 0.1) is 11.3 Å². The molecule has 84 valence electrons. The van der Waals surface area contributed by atoms with Crippen molar-refractivity contribution in [3.63, 3.8) is 0 Å². The van der Waals surface area contributed by atoms with Gasteiger partial charge in [-0.3, -0.25) is 0 Å². The fourth-order valence-electron chi connectivity index (χ4n) is 1.99. The molecule has 0 aromatic carbocycles. The minimum absolute atomic E-state index is 0.303. The maximum Gasteiger partial charge on any atom is -0.000284 e. The van der Waals surface area contributed by atoms with Gasteiger partial charge in [-0.2, -0.15) is 0 Å². The molecule has 15 heavy (non-hydrogen) atoms. The molecule has 0 radical (unpaired) electrons. The van der Waals surface area contributed by atoms with Crippen LogP contribution in [-0.4, -0.2) is 0 Å². The molecule has 0 aromatic rings. The highest BCUT2D eigenvalue weighted by atomic mass is 32.1. The first-order chi connectivity index (χ1) is 7.12. The van der Waals surface area contributed by atoms with Crippen LogP contribution in [0.2, 0.25) is 0 Å². The van der Waals surface area contributed by atoms with E-state index in [1.54, 1.807) is 0 Å². The first-order valence-corrected chi connectivity index (χ1v) is 6.32. The van der Waals surface area contributed by atoms with Gasteiger partial charge in [0.15, 0.2) is 0 Å². The molecule has 1 rings (SSSR count). The van der Waals surface area contributed by atoms with Crippen LogP contribution in [0.4, 0.5) is 0 Å². The quantitative estimate of drug-likeness (QED) is 0.514. The summed E-state index contributed by atoms with van der Waals surface area (Å²) in [5.41, 5.74) is 0.303. The second-order valence-electron chi connectivity index (χ2n) is 4.50. The number of thiol groups is 1. The molecular weight excluding hydrogens is 200 g/mol. The highest BCUT2D eigenvalue weighted by Gasteiger charge is 2.28. The molecule has 0 aliphatic heterocycles. The van der Waals surface area contributed by atoms with Gasteiger partial charge < -0.3 is 0 Å². The number of rotatable bonds is 4. The Balaban J connectivity index is 2.75. The molecule has 0 saturated carbocycles. The summed E-state index contributed by atoms with van der Waals surface area (Å²) in [6, 6.07) is 0. The van der Waals surface area contributed by atoms with Gasteiger partial charge in [-0.25, -0.2) is 0 Å². The smallest absolute Gasteiger partial charge is 0.000284 e. The number of hydrogen-bond donors (Lipinski definition) is 1. The summed E-state index contributed by atoms with van der Waals surface area (Å²) in [6.45, 7) is 6.81. The van der Waals surface area contributed by atoms with Gasteiger partial charge in [-0.05, 0) is 35.5 Å². The lowest BCUT2D eigenvalue weighted by Crippen LogP contribution is -2.23. The maximum atomic E-state index is 4.35. The van der Waals surface area contributed by atoms with E-state index in [1.807, 2.05) is 0 Å². The predicted molar refractivity (Wildman–Crippen MR) is 72.1 cm³/mol. The molecular formula is C14H22S. The van der Waals surface area contributed by atoms with Crippen LogP contribution in [0.5, 0.6) is 0 Å². The fourth-order valence-corrected chi connectivity index (χ4v) is 2.18. The van der Waals surface area contributed by atoms with Crippen LogP contribution >= 0.6 is 12.6 Å². The third-order valence-corrected chi connectivity index (χ3v) is 3.76. The van der Waals surface area contributed by atoms with Gasteiger partial charge in [0.1, 0.15) is 0 Å². The van der Waals surface area contributed by atoms with Crippen molar-refractivity contribution in [1.29, 1.82) is 0 Å². The number of hydrogen-bond acceptors (Lipinski definition) is 1. The normalized spacial score (nSPS) is 25.3. The molecule has 0 spiro atoms. The fraction of sp³-hybridized carbons (Fsp3) is 0.571. The van der Waals surface area contributed by atoms with Crippen molar-refractivity contribution in [2.24, 2.45) is 11.3 Å². The Labute approximate surface area is 99.6 Å². The van der Waals surface area contributed by atoms with Crippen molar-refractivity contribution < 1.29 is 0 Å². The number of allylic oxidation sites excluding steroid dienone is 5. The molecule has 1 heteroatoms. The Morgan fingerprint density at radius 2 is 2.27 bits per heavy atom. The summed E-state index contributed by atoms with van der Waals surface area (Å²) in [6.07, 6.45) is 14.8. The van der Waals surface area contributed by atoms with Crippen molar-refractivity contribution in [2.75, 3.05) is 0 Å². The van der Waals surface area contributed by atoms with Gasteiger partial charge in [0, 0.05) is 0 Å². The van der Waals surface area contributed by atoms with E-state index in [-0.39, 0.29) is 0 Å². The average Bonchev–Trinajstić information content (AvgIpc) is 2.27. The summed E-state index contributed by atoms with van der Waals surface area (Å²) < 4.78 is 0. The first kappa shape index (κ1) is 12.6.